The SMILES string of the molecule is CN(C)C1=CC(=Nc2ccccc2)S[C@H](c2ccccc2)C1. The number of hydrogen-bond acceptors (Lipinski definition) is 3. The lowest BCUT2D eigenvalue weighted by atomic mass is 10.1. The lowest BCUT2D eigenvalue weighted by Gasteiger charge is -2.27. The van der Waals surface area contributed by atoms with Crippen LogP contribution < -0.4 is 0 Å². The molecule has 0 spiro atoms. The molecule has 0 radical (unpaired) electrons. The second-order valence-electron chi connectivity index (χ2n) is 5.54. The van der Waals surface area contributed by atoms with E-state index >= 15 is 0 Å². The number of nitrogens with zero attached hydrogens (tertiary/aromatic N) is 2. The van der Waals surface area contributed by atoms with Crippen LogP contribution in [-0.4, -0.2) is 24.0 Å². The minimum Gasteiger partial charge on any atom is -0.381 e. The van der Waals surface area contributed by atoms with E-state index < -0.39 is 0 Å². The molecule has 1 aliphatic rings. The van der Waals surface area contributed by atoms with Crippen LogP contribution in [0.25, 0.3) is 0 Å². The van der Waals surface area contributed by atoms with Gasteiger partial charge < -0.3 is 4.90 Å². The molecule has 0 amide bonds. The molecule has 0 bridgehead atoms. The van der Waals surface area contributed by atoms with Crippen LogP contribution in [0.2, 0.25) is 0 Å². The van der Waals surface area contributed by atoms with Gasteiger partial charge in [0, 0.05) is 31.5 Å². The number of allylic oxidation sites excluding steroid dienone is 1. The first-order valence-electron chi connectivity index (χ1n) is 7.45. The van der Waals surface area contributed by atoms with Gasteiger partial charge in [0.15, 0.2) is 0 Å². The highest BCUT2D eigenvalue weighted by Gasteiger charge is 2.22. The second-order valence-corrected chi connectivity index (χ2v) is 6.76. The summed E-state index contributed by atoms with van der Waals surface area (Å²) in [6.07, 6.45) is 3.24. The van der Waals surface area contributed by atoms with Crippen LogP contribution >= 0.6 is 11.8 Å². The molecular formula is C19H20N2S. The predicted molar refractivity (Wildman–Crippen MR) is 96.7 cm³/mol. The van der Waals surface area contributed by atoms with Crippen LogP contribution in [0.4, 0.5) is 5.69 Å². The molecule has 0 fully saturated rings. The van der Waals surface area contributed by atoms with E-state index in [-0.39, 0.29) is 0 Å². The Balaban J connectivity index is 1.92. The van der Waals surface area contributed by atoms with Crippen molar-refractivity contribution in [3.05, 3.63) is 78.0 Å². The van der Waals surface area contributed by atoms with Crippen molar-refractivity contribution < 1.29 is 0 Å². The molecule has 0 unspecified atom stereocenters. The van der Waals surface area contributed by atoms with Gasteiger partial charge in [-0.1, -0.05) is 60.3 Å². The summed E-state index contributed by atoms with van der Waals surface area (Å²) in [5.74, 6) is 0. The van der Waals surface area contributed by atoms with Crippen molar-refractivity contribution in [1.29, 1.82) is 0 Å². The minimum absolute atomic E-state index is 0.422. The van der Waals surface area contributed by atoms with E-state index in [1.165, 1.54) is 11.3 Å². The summed E-state index contributed by atoms with van der Waals surface area (Å²) in [5, 5.41) is 1.50. The van der Waals surface area contributed by atoms with Crippen molar-refractivity contribution in [3.63, 3.8) is 0 Å². The maximum atomic E-state index is 4.80. The van der Waals surface area contributed by atoms with Crippen molar-refractivity contribution >= 4 is 22.5 Å². The van der Waals surface area contributed by atoms with E-state index in [2.05, 4.69) is 55.4 Å². The van der Waals surface area contributed by atoms with E-state index in [4.69, 9.17) is 4.99 Å². The molecule has 112 valence electrons. The van der Waals surface area contributed by atoms with E-state index in [1.807, 2.05) is 42.1 Å². The van der Waals surface area contributed by atoms with Gasteiger partial charge in [-0.05, 0) is 23.8 Å². The lowest BCUT2D eigenvalue weighted by molar-refractivity contribution is 0.485. The molecule has 0 saturated heterocycles. The maximum Gasteiger partial charge on any atom is 0.0990 e. The van der Waals surface area contributed by atoms with Gasteiger partial charge in [0.05, 0.1) is 10.7 Å². The normalized spacial score (nSPS) is 19.8. The van der Waals surface area contributed by atoms with Gasteiger partial charge in [-0.2, -0.15) is 0 Å². The zero-order valence-electron chi connectivity index (χ0n) is 12.9. The Morgan fingerprint density at radius 1 is 0.955 bits per heavy atom. The van der Waals surface area contributed by atoms with Crippen molar-refractivity contribution in [3.8, 4) is 0 Å². The molecule has 1 atom stereocenters. The zero-order chi connectivity index (χ0) is 15.4. The topological polar surface area (TPSA) is 15.6 Å². The first-order valence-corrected chi connectivity index (χ1v) is 8.33. The molecule has 1 heterocycles. The van der Waals surface area contributed by atoms with Crippen LogP contribution in [0.15, 0.2) is 77.4 Å². The van der Waals surface area contributed by atoms with Gasteiger partial charge in [-0.3, -0.25) is 0 Å². The van der Waals surface area contributed by atoms with Gasteiger partial charge in [0.2, 0.25) is 0 Å². The quantitative estimate of drug-likeness (QED) is 0.789. The number of benzene rings is 2. The Morgan fingerprint density at radius 2 is 1.59 bits per heavy atom. The van der Waals surface area contributed by atoms with Gasteiger partial charge in [-0.25, -0.2) is 4.99 Å². The summed E-state index contributed by atoms with van der Waals surface area (Å²) in [5.41, 5.74) is 3.69. The van der Waals surface area contributed by atoms with Gasteiger partial charge >= 0.3 is 0 Å². The number of para-hydroxylation sites is 1. The highest BCUT2D eigenvalue weighted by Crippen LogP contribution is 2.40. The Morgan fingerprint density at radius 3 is 2.23 bits per heavy atom. The van der Waals surface area contributed by atoms with E-state index in [9.17, 15) is 0 Å². The molecule has 0 saturated carbocycles. The molecular weight excluding hydrogens is 288 g/mol. The first kappa shape index (κ1) is 14.9. The fourth-order valence-corrected chi connectivity index (χ4v) is 3.67. The van der Waals surface area contributed by atoms with E-state index in [0.717, 1.165) is 17.2 Å². The molecule has 1 aliphatic heterocycles. The summed E-state index contributed by atoms with van der Waals surface area (Å²) in [6.45, 7) is 0. The van der Waals surface area contributed by atoms with E-state index in [0.29, 0.717) is 5.25 Å². The summed E-state index contributed by atoms with van der Waals surface area (Å²) in [6, 6.07) is 20.9. The molecule has 0 N–H and O–H groups in total. The lowest BCUT2D eigenvalue weighted by Crippen LogP contribution is -2.18. The summed E-state index contributed by atoms with van der Waals surface area (Å²) < 4.78 is 0. The largest absolute Gasteiger partial charge is 0.381 e. The van der Waals surface area contributed by atoms with Gasteiger partial charge in [0.25, 0.3) is 0 Å². The predicted octanol–water partition coefficient (Wildman–Crippen LogP) is 5.04. The van der Waals surface area contributed by atoms with E-state index in [1.54, 1.807) is 0 Å². The zero-order valence-corrected chi connectivity index (χ0v) is 13.8. The minimum atomic E-state index is 0.422. The van der Waals surface area contributed by atoms with Gasteiger partial charge in [-0.15, -0.1) is 0 Å². The molecule has 2 aromatic rings. The van der Waals surface area contributed by atoms with Crippen LogP contribution in [0, 0.1) is 0 Å². The second kappa shape index (κ2) is 6.84. The highest BCUT2D eigenvalue weighted by molar-refractivity contribution is 8.14. The molecule has 0 aromatic heterocycles. The summed E-state index contributed by atoms with van der Waals surface area (Å²) >= 11 is 1.85. The fraction of sp³-hybridized carbons (Fsp3) is 0.211. The first-order chi connectivity index (χ1) is 10.7. The average Bonchev–Trinajstić information content (AvgIpc) is 2.56. The molecule has 2 aromatic carbocycles. The Bertz CT molecular complexity index is 675. The van der Waals surface area contributed by atoms with Crippen LogP contribution in [-0.2, 0) is 0 Å². The summed E-state index contributed by atoms with van der Waals surface area (Å²) in [4.78, 5) is 6.99. The van der Waals surface area contributed by atoms with Gasteiger partial charge in [0.1, 0.15) is 0 Å². The summed E-state index contributed by atoms with van der Waals surface area (Å²) in [7, 11) is 4.20. The monoisotopic (exact) mass is 308 g/mol. The Labute approximate surface area is 136 Å². The Hall–Kier alpha value is -2.00. The smallest absolute Gasteiger partial charge is 0.0990 e. The van der Waals surface area contributed by atoms with Crippen molar-refractivity contribution in [1.82, 2.24) is 4.90 Å². The maximum absolute atomic E-state index is 4.80. The molecule has 2 nitrogen and oxygen atoms in total. The van der Waals surface area contributed by atoms with Crippen molar-refractivity contribution in [2.75, 3.05) is 14.1 Å². The van der Waals surface area contributed by atoms with Crippen molar-refractivity contribution in [2.45, 2.75) is 11.7 Å². The third kappa shape index (κ3) is 3.60. The molecule has 0 aliphatic carbocycles. The number of rotatable bonds is 3. The fourth-order valence-electron chi connectivity index (χ4n) is 2.47. The third-order valence-corrected chi connectivity index (χ3v) is 4.86. The number of thioether (sulfide) groups is 1. The molecule has 3 heteroatoms. The highest BCUT2D eigenvalue weighted by atomic mass is 32.2. The number of hydrogen-bond donors (Lipinski definition) is 0. The average molecular weight is 308 g/mol. The molecule has 3 rings (SSSR count). The van der Waals surface area contributed by atoms with Crippen LogP contribution in [0.3, 0.4) is 0 Å². The molecule has 22 heavy (non-hydrogen) atoms. The van der Waals surface area contributed by atoms with Crippen LogP contribution in [0.1, 0.15) is 17.2 Å². The third-order valence-electron chi connectivity index (χ3n) is 3.69. The van der Waals surface area contributed by atoms with Crippen molar-refractivity contribution in [2.24, 2.45) is 4.99 Å². The Kier molecular flexibility index (Phi) is 4.64. The number of aliphatic imine (C=N–C) groups is 1. The van der Waals surface area contributed by atoms with Crippen LogP contribution in [0.5, 0.6) is 0 Å². The standard InChI is InChI=1S/C19H20N2S/c1-21(2)17-13-18(15-9-5-3-6-10-15)22-19(14-17)20-16-11-7-4-8-12-16/h3-12,14,18H,13H2,1-2H3/t18-/m0/s1.